The molecular weight excluding hydrogens is 460 g/mol. The molecule has 0 radical (unpaired) electrons. The Hall–Kier alpha value is -3.15. The summed E-state index contributed by atoms with van der Waals surface area (Å²) in [5, 5.41) is 4.72. The van der Waals surface area contributed by atoms with Gasteiger partial charge < -0.3 is 19.7 Å². The molecule has 1 aromatic heterocycles. The lowest BCUT2D eigenvalue weighted by Crippen LogP contribution is -2.48. The molecule has 0 unspecified atom stereocenters. The predicted octanol–water partition coefficient (Wildman–Crippen LogP) is 1.75. The molecule has 2 aromatic rings. The van der Waals surface area contributed by atoms with Crippen LogP contribution in [0.25, 0.3) is 0 Å². The number of ether oxygens (including phenoxy) is 2. The smallest absolute Gasteiger partial charge is 0.308 e. The topological polar surface area (TPSA) is 118 Å². The van der Waals surface area contributed by atoms with Gasteiger partial charge in [0.05, 0.1) is 24.8 Å². The van der Waals surface area contributed by atoms with Gasteiger partial charge in [0.2, 0.25) is 11.8 Å². The third kappa shape index (κ3) is 7.17. The summed E-state index contributed by atoms with van der Waals surface area (Å²) in [7, 11) is 0. The van der Waals surface area contributed by atoms with Crippen molar-refractivity contribution in [3.05, 3.63) is 40.7 Å². The number of rotatable bonds is 9. The lowest BCUT2D eigenvalue weighted by molar-refractivity contribution is -0.137. The summed E-state index contributed by atoms with van der Waals surface area (Å²) in [6.45, 7) is 5.26. The molecular formula is C23H28N4O6S. The van der Waals surface area contributed by atoms with E-state index in [2.05, 4.69) is 10.3 Å². The summed E-state index contributed by atoms with van der Waals surface area (Å²) in [5.74, 6) is -0.854. The third-order valence-electron chi connectivity index (χ3n) is 5.18. The van der Waals surface area contributed by atoms with Crippen molar-refractivity contribution in [2.75, 3.05) is 31.2 Å². The highest BCUT2D eigenvalue weighted by Crippen LogP contribution is 2.18. The fourth-order valence-corrected chi connectivity index (χ4v) is 3.93. The highest BCUT2D eigenvalue weighted by Gasteiger charge is 2.29. The molecule has 1 N–H and O–H groups in total. The van der Waals surface area contributed by atoms with Crippen LogP contribution < -0.4 is 15.0 Å². The quantitative estimate of drug-likeness (QED) is 0.419. The molecule has 0 bridgehead atoms. The molecule has 1 atom stereocenters. The second-order valence-corrected chi connectivity index (χ2v) is 8.47. The Balaban J connectivity index is 1.61. The van der Waals surface area contributed by atoms with Crippen LogP contribution in [0.3, 0.4) is 0 Å². The van der Waals surface area contributed by atoms with Crippen LogP contribution in [0.15, 0.2) is 35.2 Å². The van der Waals surface area contributed by atoms with E-state index in [1.807, 2.05) is 6.07 Å². The molecule has 11 heteroatoms. The number of anilines is 1. The Morgan fingerprint density at radius 2 is 2.00 bits per heavy atom. The minimum atomic E-state index is -0.710. The molecule has 3 amide bonds. The number of hydrogen-bond donors (Lipinski definition) is 1. The fourth-order valence-electron chi connectivity index (χ4n) is 3.41. The zero-order valence-corrected chi connectivity index (χ0v) is 20.0. The van der Waals surface area contributed by atoms with E-state index in [9.17, 15) is 19.2 Å². The molecule has 0 spiro atoms. The van der Waals surface area contributed by atoms with Gasteiger partial charge in [-0.1, -0.05) is 12.1 Å². The van der Waals surface area contributed by atoms with Gasteiger partial charge in [-0.3, -0.25) is 19.2 Å². The molecule has 1 aliphatic rings. The molecule has 34 heavy (non-hydrogen) atoms. The highest BCUT2D eigenvalue weighted by molar-refractivity contribution is 7.08. The minimum absolute atomic E-state index is 0.0114. The zero-order chi connectivity index (χ0) is 24.5. The van der Waals surface area contributed by atoms with Gasteiger partial charge >= 0.3 is 5.97 Å². The lowest BCUT2D eigenvalue weighted by atomic mass is 10.2. The molecule has 1 aliphatic heterocycles. The number of nitrogens with zero attached hydrogens (tertiary/aromatic N) is 3. The number of esters is 1. The predicted molar refractivity (Wildman–Crippen MR) is 125 cm³/mol. The molecule has 1 saturated heterocycles. The summed E-state index contributed by atoms with van der Waals surface area (Å²) in [6.07, 6.45) is -0.0892. The van der Waals surface area contributed by atoms with Gasteiger partial charge in [0.25, 0.3) is 5.91 Å². The first-order chi connectivity index (χ1) is 16.3. The molecule has 2 heterocycles. The second-order valence-electron chi connectivity index (χ2n) is 7.75. The number of carbonyl (C=O) groups excluding carboxylic acids is 4. The van der Waals surface area contributed by atoms with E-state index in [1.165, 1.54) is 18.3 Å². The Morgan fingerprint density at radius 1 is 1.24 bits per heavy atom. The SMILES string of the molecule is CC(=O)Oc1cccc(CN[C@H](C)C(=O)N(C(=O)CCC(=O)N2CCOCC2)c2cscn2)c1. The van der Waals surface area contributed by atoms with Crippen molar-refractivity contribution in [2.45, 2.75) is 39.3 Å². The van der Waals surface area contributed by atoms with E-state index in [4.69, 9.17) is 9.47 Å². The number of hydrogen-bond acceptors (Lipinski definition) is 9. The second kappa shape index (κ2) is 12.4. The fraction of sp³-hybridized carbons (Fsp3) is 0.435. The van der Waals surface area contributed by atoms with Crippen LogP contribution in [0.1, 0.15) is 32.3 Å². The first-order valence-electron chi connectivity index (χ1n) is 11.0. The normalized spacial score (nSPS) is 14.4. The van der Waals surface area contributed by atoms with Crippen LogP contribution in [0.2, 0.25) is 0 Å². The molecule has 1 aromatic carbocycles. The monoisotopic (exact) mass is 488 g/mol. The standard InChI is InChI=1S/C23H28N4O6S/c1-16(24-13-18-4-3-5-19(12-18)33-17(2)28)23(31)27(20-14-34-15-25-20)22(30)7-6-21(29)26-8-10-32-11-9-26/h3-5,12,14-16,24H,6-11,13H2,1-2H3/t16-/m1/s1. The highest BCUT2D eigenvalue weighted by atomic mass is 32.1. The number of morpholine rings is 1. The van der Waals surface area contributed by atoms with Crippen molar-refractivity contribution >= 4 is 40.8 Å². The third-order valence-corrected chi connectivity index (χ3v) is 5.75. The maximum absolute atomic E-state index is 13.2. The zero-order valence-electron chi connectivity index (χ0n) is 19.2. The van der Waals surface area contributed by atoms with E-state index in [-0.39, 0.29) is 24.6 Å². The van der Waals surface area contributed by atoms with Crippen LogP contribution in [-0.4, -0.2) is 65.9 Å². The van der Waals surface area contributed by atoms with Crippen LogP contribution in [0.5, 0.6) is 5.75 Å². The van der Waals surface area contributed by atoms with E-state index < -0.39 is 23.8 Å². The Morgan fingerprint density at radius 3 is 2.68 bits per heavy atom. The van der Waals surface area contributed by atoms with Crippen molar-refractivity contribution in [1.82, 2.24) is 15.2 Å². The van der Waals surface area contributed by atoms with Crippen molar-refractivity contribution in [2.24, 2.45) is 0 Å². The van der Waals surface area contributed by atoms with Gasteiger partial charge in [-0.25, -0.2) is 9.88 Å². The van der Waals surface area contributed by atoms with Crippen LogP contribution in [-0.2, 0) is 30.5 Å². The average molecular weight is 489 g/mol. The number of amides is 3. The Bertz CT molecular complexity index is 1010. The largest absolute Gasteiger partial charge is 0.427 e. The summed E-state index contributed by atoms with van der Waals surface area (Å²) < 4.78 is 10.3. The summed E-state index contributed by atoms with van der Waals surface area (Å²) in [6, 6.07) is 6.24. The summed E-state index contributed by atoms with van der Waals surface area (Å²) in [5.41, 5.74) is 2.35. The number of imide groups is 1. The number of carbonyl (C=O) groups is 4. The van der Waals surface area contributed by atoms with Crippen LogP contribution in [0.4, 0.5) is 5.82 Å². The summed E-state index contributed by atoms with van der Waals surface area (Å²) in [4.78, 5) is 56.6. The molecule has 3 rings (SSSR count). The first kappa shape index (κ1) is 25.5. The van der Waals surface area contributed by atoms with E-state index in [0.717, 1.165) is 10.5 Å². The van der Waals surface area contributed by atoms with Crippen molar-refractivity contribution in [3.63, 3.8) is 0 Å². The Kier molecular flexibility index (Phi) is 9.25. The Labute approximate surface area is 201 Å². The van der Waals surface area contributed by atoms with Gasteiger partial charge in [0, 0.05) is 44.8 Å². The van der Waals surface area contributed by atoms with Crippen LogP contribution >= 0.6 is 11.3 Å². The van der Waals surface area contributed by atoms with E-state index >= 15 is 0 Å². The maximum atomic E-state index is 13.2. The van der Waals surface area contributed by atoms with Crippen molar-refractivity contribution in [1.29, 1.82) is 0 Å². The summed E-state index contributed by atoms with van der Waals surface area (Å²) >= 11 is 1.27. The lowest BCUT2D eigenvalue weighted by Gasteiger charge is -2.27. The number of nitrogens with one attached hydrogen (secondary N) is 1. The molecule has 0 saturated carbocycles. The van der Waals surface area contributed by atoms with Gasteiger partial charge in [0.15, 0.2) is 5.82 Å². The molecule has 1 fully saturated rings. The molecule has 0 aliphatic carbocycles. The van der Waals surface area contributed by atoms with Gasteiger partial charge in [-0.05, 0) is 24.6 Å². The van der Waals surface area contributed by atoms with E-state index in [0.29, 0.717) is 38.6 Å². The van der Waals surface area contributed by atoms with E-state index in [1.54, 1.807) is 40.9 Å². The maximum Gasteiger partial charge on any atom is 0.308 e. The average Bonchev–Trinajstić information content (AvgIpc) is 3.35. The van der Waals surface area contributed by atoms with Crippen LogP contribution in [0, 0.1) is 0 Å². The van der Waals surface area contributed by atoms with Gasteiger partial charge in [-0.15, -0.1) is 11.3 Å². The molecule has 182 valence electrons. The first-order valence-corrected chi connectivity index (χ1v) is 11.9. The van der Waals surface area contributed by atoms with Crippen molar-refractivity contribution < 1.29 is 28.7 Å². The van der Waals surface area contributed by atoms with Crippen molar-refractivity contribution in [3.8, 4) is 5.75 Å². The minimum Gasteiger partial charge on any atom is -0.427 e. The molecule has 10 nitrogen and oxygen atoms in total. The van der Waals surface area contributed by atoms with Gasteiger partial charge in [0.1, 0.15) is 5.75 Å². The van der Waals surface area contributed by atoms with Gasteiger partial charge in [-0.2, -0.15) is 0 Å². The number of thiazole rings is 1. The number of aromatic nitrogens is 1. The number of benzene rings is 1.